The van der Waals surface area contributed by atoms with E-state index in [9.17, 15) is 14.9 Å². The molecule has 0 amide bonds. The van der Waals surface area contributed by atoms with Crippen molar-refractivity contribution in [1.82, 2.24) is 0 Å². The summed E-state index contributed by atoms with van der Waals surface area (Å²) < 4.78 is 10.8. The van der Waals surface area contributed by atoms with E-state index in [0.717, 1.165) is 6.07 Å². The number of carbonyl (C=O) groups is 1. The Morgan fingerprint density at radius 2 is 1.85 bits per heavy atom. The number of nitro groups is 1. The quantitative estimate of drug-likeness (QED) is 0.277. The molecule has 0 aliphatic rings. The molecule has 0 fully saturated rings. The molecule has 0 N–H and O–H groups in total. The summed E-state index contributed by atoms with van der Waals surface area (Å²) in [4.78, 5) is 22.4. The van der Waals surface area contributed by atoms with Crippen molar-refractivity contribution in [2.24, 2.45) is 0 Å². The predicted molar refractivity (Wildman–Crippen MR) is 101 cm³/mol. The van der Waals surface area contributed by atoms with Crippen LogP contribution < -0.4 is 0 Å². The summed E-state index contributed by atoms with van der Waals surface area (Å²) in [5.74, 6) is 0.0142. The van der Waals surface area contributed by atoms with Crippen molar-refractivity contribution in [1.29, 1.82) is 0 Å². The standard InChI is InChI=1S/C18H10Cl3NO5/c19-14-6-4-10(22(24)25)8-13(14)18(23)26-9-11-5-7-16(27-11)12-2-1-3-15(20)17(12)21/h1-8H,9H2. The van der Waals surface area contributed by atoms with Gasteiger partial charge in [0.1, 0.15) is 18.1 Å². The van der Waals surface area contributed by atoms with Gasteiger partial charge in [0.15, 0.2) is 0 Å². The topological polar surface area (TPSA) is 82.6 Å². The van der Waals surface area contributed by atoms with Gasteiger partial charge in [0.05, 0.1) is 25.6 Å². The van der Waals surface area contributed by atoms with Crippen LogP contribution in [0, 0.1) is 10.1 Å². The predicted octanol–water partition coefficient (Wildman–Crippen LogP) is 6.17. The van der Waals surface area contributed by atoms with E-state index >= 15 is 0 Å². The van der Waals surface area contributed by atoms with Crippen molar-refractivity contribution in [2.45, 2.75) is 6.61 Å². The van der Waals surface area contributed by atoms with Crippen molar-refractivity contribution in [2.75, 3.05) is 0 Å². The van der Waals surface area contributed by atoms with Crippen LogP contribution in [0.2, 0.25) is 15.1 Å². The molecule has 3 aromatic rings. The number of hydrogen-bond acceptors (Lipinski definition) is 5. The van der Waals surface area contributed by atoms with Crippen LogP contribution in [0.5, 0.6) is 0 Å². The van der Waals surface area contributed by atoms with E-state index in [1.54, 1.807) is 30.3 Å². The molecule has 9 heteroatoms. The molecule has 0 radical (unpaired) electrons. The zero-order valence-corrected chi connectivity index (χ0v) is 15.7. The Morgan fingerprint density at radius 1 is 1.07 bits per heavy atom. The van der Waals surface area contributed by atoms with Gasteiger partial charge >= 0.3 is 5.97 Å². The van der Waals surface area contributed by atoms with Crippen molar-refractivity contribution >= 4 is 46.5 Å². The molecule has 0 saturated carbocycles. The number of nitrogens with zero attached hydrogens (tertiary/aromatic N) is 1. The minimum absolute atomic E-state index is 0.0523. The van der Waals surface area contributed by atoms with Crippen LogP contribution in [0.3, 0.4) is 0 Å². The fourth-order valence-corrected chi connectivity index (χ4v) is 2.88. The maximum Gasteiger partial charge on any atom is 0.340 e. The van der Waals surface area contributed by atoms with Crippen LogP contribution in [0.4, 0.5) is 5.69 Å². The third-order valence-electron chi connectivity index (χ3n) is 3.60. The summed E-state index contributed by atoms with van der Waals surface area (Å²) in [6, 6.07) is 11.9. The number of hydrogen-bond donors (Lipinski definition) is 0. The van der Waals surface area contributed by atoms with Crippen LogP contribution in [0.1, 0.15) is 16.1 Å². The number of benzene rings is 2. The summed E-state index contributed by atoms with van der Waals surface area (Å²) in [6.07, 6.45) is 0. The van der Waals surface area contributed by atoms with Gasteiger partial charge in [-0.05, 0) is 30.3 Å². The lowest BCUT2D eigenvalue weighted by Crippen LogP contribution is -2.06. The number of non-ortho nitro benzene ring substituents is 1. The van der Waals surface area contributed by atoms with Gasteiger partial charge in [-0.2, -0.15) is 0 Å². The molecule has 3 rings (SSSR count). The highest BCUT2D eigenvalue weighted by Crippen LogP contribution is 2.34. The van der Waals surface area contributed by atoms with E-state index in [4.69, 9.17) is 44.0 Å². The van der Waals surface area contributed by atoms with E-state index in [1.165, 1.54) is 12.1 Å². The first-order valence-electron chi connectivity index (χ1n) is 7.51. The highest BCUT2D eigenvalue weighted by atomic mass is 35.5. The minimum atomic E-state index is -0.803. The van der Waals surface area contributed by atoms with E-state index < -0.39 is 10.9 Å². The largest absolute Gasteiger partial charge is 0.457 e. The minimum Gasteiger partial charge on any atom is -0.457 e. The van der Waals surface area contributed by atoms with Crippen LogP contribution >= 0.6 is 34.8 Å². The molecule has 0 aliphatic carbocycles. The fourth-order valence-electron chi connectivity index (χ4n) is 2.29. The van der Waals surface area contributed by atoms with Gasteiger partial charge in [-0.25, -0.2) is 4.79 Å². The second-order valence-electron chi connectivity index (χ2n) is 5.36. The monoisotopic (exact) mass is 425 g/mol. The zero-order chi connectivity index (χ0) is 19.6. The summed E-state index contributed by atoms with van der Waals surface area (Å²) in [6.45, 7) is -0.184. The number of nitro benzene ring substituents is 1. The molecular weight excluding hydrogens is 417 g/mol. The van der Waals surface area contributed by atoms with Crippen molar-refractivity contribution in [3.05, 3.63) is 85.0 Å². The Hall–Kier alpha value is -2.54. The zero-order valence-electron chi connectivity index (χ0n) is 13.4. The average molecular weight is 427 g/mol. The van der Waals surface area contributed by atoms with Crippen LogP contribution in [-0.4, -0.2) is 10.9 Å². The Labute approximate surface area is 168 Å². The van der Waals surface area contributed by atoms with Crippen LogP contribution in [-0.2, 0) is 11.3 Å². The van der Waals surface area contributed by atoms with E-state index in [1.807, 2.05) is 0 Å². The first kappa shape index (κ1) is 19.2. The third-order valence-corrected chi connectivity index (χ3v) is 4.75. The Bertz CT molecular complexity index is 1030. The molecule has 2 aromatic carbocycles. The Balaban J connectivity index is 1.74. The number of esters is 1. The fraction of sp³-hybridized carbons (Fsp3) is 0.0556. The first-order chi connectivity index (χ1) is 12.9. The average Bonchev–Trinajstić information content (AvgIpc) is 3.11. The molecule has 0 spiro atoms. The molecule has 1 aromatic heterocycles. The molecular formula is C18H10Cl3NO5. The highest BCUT2D eigenvalue weighted by molar-refractivity contribution is 6.43. The molecule has 0 unspecified atom stereocenters. The molecule has 0 atom stereocenters. The van der Waals surface area contributed by atoms with E-state index in [0.29, 0.717) is 27.1 Å². The summed E-state index contributed by atoms with van der Waals surface area (Å²) in [5.41, 5.74) is 0.237. The van der Waals surface area contributed by atoms with Crippen molar-refractivity contribution in [3.8, 4) is 11.3 Å². The van der Waals surface area contributed by atoms with Gasteiger partial charge in [-0.1, -0.05) is 40.9 Å². The summed E-state index contributed by atoms with van der Waals surface area (Å²) in [5, 5.41) is 11.6. The maximum atomic E-state index is 12.2. The lowest BCUT2D eigenvalue weighted by atomic mass is 10.2. The van der Waals surface area contributed by atoms with Gasteiger partial charge in [-0.3, -0.25) is 10.1 Å². The molecule has 138 valence electrons. The number of halogens is 3. The summed E-state index contributed by atoms with van der Waals surface area (Å²) in [7, 11) is 0. The molecule has 0 aliphatic heterocycles. The molecule has 1 heterocycles. The van der Waals surface area contributed by atoms with Gasteiger partial charge < -0.3 is 9.15 Å². The van der Waals surface area contributed by atoms with Crippen LogP contribution in [0.15, 0.2) is 52.9 Å². The van der Waals surface area contributed by atoms with Gasteiger partial charge in [-0.15, -0.1) is 0 Å². The normalized spacial score (nSPS) is 10.6. The lowest BCUT2D eigenvalue weighted by molar-refractivity contribution is -0.384. The number of rotatable bonds is 5. The molecule has 27 heavy (non-hydrogen) atoms. The van der Waals surface area contributed by atoms with Crippen molar-refractivity contribution in [3.63, 3.8) is 0 Å². The van der Waals surface area contributed by atoms with E-state index in [2.05, 4.69) is 0 Å². The first-order valence-corrected chi connectivity index (χ1v) is 8.64. The van der Waals surface area contributed by atoms with Gasteiger partial charge in [0.25, 0.3) is 5.69 Å². The number of carbonyl (C=O) groups excluding carboxylic acids is 1. The van der Waals surface area contributed by atoms with E-state index in [-0.39, 0.29) is 22.9 Å². The van der Waals surface area contributed by atoms with Crippen molar-refractivity contribution < 1.29 is 18.9 Å². The SMILES string of the molecule is O=C(OCc1ccc(-c2cccc(Cl)c2Cl)o1)c1cc([N+](=O)[O-])ccc1Cl. The third kappa shape index (κ3) is 4.24. The Kier molecular flexibility index (Phi) is 5.70. The summed E-state index contributed by atoms with van der Waals surface area (Å²) >= 11 is 18.1. The van der Waals surface area contributed by atoms with Crippen LogP contribution in [0.25, 0.3) is 11.3 Å². The molecule has 6 nitrogen and oxygen atoms in total. The second-order valence-corrected chi connectivity index (χ2v) is 6.56. The number of ether oxygens (including phenoxy) is 1. The van der Waals surface area contributed by atoms with Gasteiger partial charge in [0.2, 0.25) is 0 Å². The molecule has 0 saturated heterocycles. The lowest BCUT2D eigenvalue weighted by Gasteiger charge is -2.05. The molecule has 0 bridgehead atoms. The smallest absolute Gasteiger partial charge is 0.340 e. The number of furan rings is 1. The maximum absolute atomic E-state index is 12.2. The Morgan fingerprint density at radius 3 is 2.59 bits per heavy atom. The van der Waals surface area contributed by atoms with Gasteiger partial charge in [0, 0.05) is 17.7 Å². The second kappa shape index (κ2) is 8.00. The highest BCUT2D eigenvalue weighted by Gasteiger charge is 2.18.